The topological polar surface area (TPSA) is 125 Å². The van der Waals surface area contributed by atoms with Crippen molar-refractivity contribution in [3.05, 3.63) is 60.6 Å². The number of nitrogens with one attached hydrogen (secondary N) is 1. The first-order chi connectivity index (χ1) is 13.2. The molecule has 27 heavy (non-hydrogen) atoms. The summed E-state index contributed by atoms with van der Waals surface area (Å²) in [6.45, 7) is 0. The molecule has 9 heteroatoms. The van der Waals surface area contributed by atoms with Crippen molar-refractivity contribution in [1.29, 1.82) is 0 Å². The lowest BCUT2D eigenvalue weighted by molar-refractivity contribution is 0.102. The summed E-state index contributed by atoms with van der Waals surface area (Å²) in [6.07, 6.45) is 5.68. The highest BCUT2D eigenvalue weighted by molar-refractivity contribution is 6.07. The summed E-state index contributed by atoms with van der Waals surface area (Å²) in [6, 6.07) is 9.99. The van der Waals surface area contributed by atoms with Crippen molar-refractivity contribution in [2.75, 3.05) is 12.4 Å². The lowest BCUT2D eigenvalue weighted by atomic mass is 10.2. The quantitative estimate of drug-likeness (QED) is 0.507. The van der Waals surface area contributed by atoms with Crippen LogP contribution in [0.3, 0.4) is 0 Å². The Bertz CT molecular complexity index is 969. The number of amides is 1. The van der Waals surface area contributed by atoms with Crippen LogP contribution in [0.4, 0.5) is 11.6 Å². The first kappa shape index (κ1) is 17.8. The molecule has 0 saturated carbocycles. The van der Waals surface area contributed by atoms with Crippen LogP contribution in [0.5, 0.6) is 17.4 Å². The molecule has 0 atom stereocenters. The summed E-state index contributed by atoms with van der Waals surface area (Å²) in [7, 11) is 1.49. The number of hydrogen-bond acceptors (Lipinski definition) is 7. The number of hydrogen-bond donors (Lipinski definition) is 2. The van der Waals surface area contributed by atoms with E-state index in [9.17, 15) is 4.79 Å². The van der Waals surface area contributed by atoms with Gasteiger partial charge in [0.1, 0.15) is 17.3 Å². The predicted molar refractivity (Wildman–Crippen MR) is 102 cm³/mol. The zero-order valence-electron chi connectivity index (χ0n) is 14.4. The number of aromatic nitrogens is 3. The minimum atomic E-state index is -0.472. The Morgan fingerprint density at radius 3 is 2.89 bits per heavy atom. The van der Waals surface area contributed by atoms with Crippen LogP contribution < -0.4 is 20.5 Å². The van der Waals surface area contributed by atoms with Crippen molar-refractivity contribution < 1.29 is 15.7 Å². The van der Waals surface area contributed by atoms with Crippen molar-refractivity contribution in [2.24, 2.45) is 10.7 Å². The Hall–Kier alpha value is -4.01. The summed E-state index contributed by atoms with van der Waals surface area (Å²) >= 11 is 0. The molecular weight excluding hydrogens is 348 g/mol. The molecule has 3 N–H and O–H groups in total. The number of carbonyl (C=O) groups is 1. The van der Waals surface area contributed by atoms with Gasteiger partial charge in [-0.15, -0.1) is 0 Å². The molecule has 0 radical (unpaired) electrons. The minimum absolute atomic E-state index is 0. The zero-order chi connectivity index (χ0) is 19.1. The molecule has 0 unspecified atom stereocenters. The lowest BCUT2D eigenvalue weighted by Gasteiger charge is -2.10. The second-order valence-electron chi connectivity index (χ2n) is 5.13. The molecule has 3 aromatic heterocycles. The molecule has 9 nitrogen and oxygen atoms in total. The largest absolute Gasteiger partial charge is 0.481 e. The number of pyridine rings is 3. The Morgan fingerprint density at radius 1 is 1.26 bits per heavy atom. The van der Waals surface area contributed by atoms with E-state index in [2.05, 4.69) is 25.3 Å². The number of ether oxygens (including phenoxy) is 2. The van der Waals surface area contributed by atoms with E-state index in [4.69, 9.17) is 15.2 Å². The van der Waals surface area contributed by atoms with Gasteiger partial charge >= 0.3 is 0 Å². The molecule has 0 bridgehead atoms. The fraction of sp³-hybridized carbons (Fsp3) is 0.0556. The molecule has 0 aliphatic heterocycles. The standard InChI is InChI=1S/C18H16N6O3.H2/c1-26-16-6-2-5-15(23-16)24-18(25)14-8-13(10-21-17(14)22-11-19)27-12-4-3-7-20-9-12;/h2-11H,1H3,(H2,19,21,22)(H,23,24,25);1H. The molecule has 3 aromatic rings. The first-order valence-corrected chi connectivity index (χ1v) is 7.84. The van der Waals surface area contributed by atoms with Gasteiger partial charge in [-0.1, -0.05) is 6.07 Å². The second-order valence-corrected chi connectivity index (χ2v) is 5.13. The summed E-state index contributed by atoms with van der Waals surface area (Å²) in [5, 5.41) is 2.67. The molecule has 0 saturated heterocycles. The minimum Gasteiger partial charge on any atom is -0.481 e. The second kappa shape index (κ2) is 8.39. The zero-order valence-corrected chi connectivity index (χ0v) is 14.4. The van der Waals surface area contributed by atoms with Gasteiger partial charge in [-0.3, -0.25) is 9.78 Å². The van der Waals surface area contributed by atoms with Crippen LogP contribution in [0.25, 0.3) is 0 Å². The van der Waals surface area contributed by atoms with E-state index >= 15 is 0 Å². The monoisotopic (exact) mass is 366 g/mol. The third-order valence-electron chi connectivity index (χ3n) is 3.33. The van der Waals surface area contributed by atoms with Crippen molar-refractivity contribution >= 4 is 23.9 Å². The van der Waals surface area contributed by atoms with E-state index in [0.29, 0.717) is 23.2 Å². The van der Waals surface area contributed by atoms with Crippen molar-refractivity contribution in [3.63, 3.8) is 0 Å². The van der Waals surface area contributed by atoms with E-state index in [1.165, 1.54) is 19.4 Å². The Morgan fingerprint density at radius 2 is 2.15 bits per heavy atom. The van der Waals surface area contributed by atoms with Gasteiger partial charge in [0.15, 0.2) is 5.82 Å². The van der Waals surface area contributed by atoms with Crippen molar-refractivity contribution in [1.82, 2.24) is 15.0 Å². The van der Waals surface area contributed by atoms with E-state index < -0.39 is 5.91 Å². The number of carbonyl (C=O) groups excluding carboxylic acids is 1. The van der Waals surface area contributed by atoms with Crippen molar-refractivity contribution in [3.8, 4) is 17.4 Å². The molecule has 1 amide bonds. The van der Waals surface area contributed by atoms with Gasteiger partial charge in [-0.05, 0) is 24.3 Å². The van der Waals surface area contributed by atoms with Crippen LogP contribution in [0.15, 0.2) is 60.0 Å². The van der Waals surface area contributed by atoms with E-state index in [0.717, 1.165) is 6.34 Å². The molecule has 3 heterocycles. The third-order valence-corrected chi connectivity index (χ3v) is 3.33. The maximum absolute atomic E-state index is 12.7. The van der Waals surface area contributed by atoms with Gasteiger partial charge in [-0.25, -0.2) is 9.98 Å². The first-order valence-electron chi connectivity index (χ1n) is 7.84. The number of nitrogens with zero attached hydrogens (tertiary/aromatic N) is 4. The molecule has 138 valence electrons. The summed E-state index contributed by atoms with van der Waals surface area (Å²) in [5.41, 5.74) is 5.52. The number of rotatable bonds is 6. The van der Waals surface area contributed by atoms with Gasteiger partial charge in [0.2, 0.25) is 5.88 Å². The fourth-order valence-corrected chi connectivity index (χ4v) is 2.16. The Balaban J connectivity index is 0.00000280. The van der Waals surface area contributed by atoms with Crippen LogP contribution >= 0.6 is 0 Å². The van der Waals surface area contributed by atoms with Crippen LogP contribution in [0, 0.1) is 0 Å². The molecule has 0 aliphatic rings. The normalized spacial score (nSPS) is 10.6. The number of methoxy groups -OCH3 is 1. The highest BCUT2D eigenvalue weighted by Crippen LogP contribution is 2.26. The maximum Gasteiger partial charge on any atom is 0.260 e. The molecule has 0 aliphatic carbocycles. The molecular formula is C18H18N6O3. The summed E-state index contributed by atoms with van der Waals surface area (Å²) in [5.74, 6) is 1.23. The average Bonchev–Trinajstić information content (AvgIpc) is 2.70. The van der Waals surface area contributed by atoms with Gasteiger partial charge in [-0.2, -0.15) is 4.98 Å². The summed E-state index contributed by atoms with van der Waals surface area (Å²) < 4.78 is 10.7. The number of nitrogens with two attached hydrogens (primary N) is 1. The molecule has 0 fully saturated rings. The SMILES string of the molecule is COc1cccc(NC(=O)c2cc(Oc3cccnc3)cnc2/N=C\N)n1.[HH]. The van der Waals surface area contributed by atoms with Crippen LogP contribution in [0.2, 0.25) is 0 Å². The fourth-order valence-electron chi connectivity index (χ4n) is 2.16. The summed E-state index contributed by atoms with van der Waals surface area (Å²) in [4.78, 5) is 28.9. The average molecular weight is 366 g/mol. The Labute approximate surface area is 156 Å². The maximum atomic E-state index is 12.7. The third kappa shape index (κ3) is 4.54. The highest BCUT2D eigenvalue weighted by atomic mass is 16.5. The smallest absolute Gasteiger partial charge is 0.260 e. The predicted octanol–water partition coefficient (Wildman–Crippen LogP) is 2.79. The van der Waals surface area contributed by atoms with Gasteiger partial charge in [0.05, 0.1) is 31.4 Å². The number of anilines is 1. The van der Waals surface area contributed by atoms with Gasteiger partial charge < -0.3 is 20.5 Å². The van der Waals surface area contributed by atoms with E-state index in [1.807, 2.05) is 0 Å². The molecule has 0 spiro atoms. The van der Waals surface area contributed by atoms with E-state index in [1.54, 1.807) is 42.7 Å². The molecule has 0 aromatic carbocycles. The van der Waals surface area contributed by atoms with Crippen LogP contribution in [0.1, 0.15) is 11.8 Å². The van der Waals surface area contributed by atoms with Gasteiger partial charge in [0, 0.05) is 13.7 Å². The van der Waals surface area contributed by atoms with Crippen molar-refractivity contribution in [2.45, 2.75) is 0 Å². The van der Waals surface area contributed by atoms with Crippen LogP contribution in [-0.2, 0) is 0 Å². The molecule has 3 rings (SSSR count). The van der Waals surface area contributed by atoms with Gasteiger partial charge in [0.25, 0.3) is 5.91 Å². The lowest BCUT2D eigenvalue weighted by Crippen LogP contribution is -2.14. The highest BCUT2D eigenvalue weighted by Gasteiger charge is 2.15. The number of aliphatic imine (C=N–C) groups is 1. The Kier molecular flexibility index (Phi) is 5.53. The van der Waals surface area contributed by atoms with Crippen LogP contribution in [-0.4, -0.2) is 34.3 Å². The van der Waals surface area contributed by atoms with E-state index in [-0.39, 0.29) is 12.8 Å².